The summed E-state index contributed by atoms with van der Waals surface area (Å²) in [6.45, 7) is 5.24. The van der Waals surface area contributed by atoms with E-state index in [1.54, 1.807) is 23.0 Å². The van der Waals surface area contributed by atoms with E-state index in [-0.39, 0.29) is 5.82 Å². The Kier molecular flexibility index (Phi) is 7.33. The number of halogens is 2. The molecule has 2 N–H and O–H groups in total. The van der Waals surface area contributed by atoms with Crippen LogP contribution in [0.2, 0.25) is 5.15 Å². The Balaban J connectivity index is 2.00. The van der Waals surface area contributed by atoms with Crippen LogP contribution in [0, 0.1) is 12.7 Å². The second-order valence-corrected chi connectivity index (χ2v) is 6.32. The lowest BCUT2D eigenvalue weighted by Crippen LogP contribution is -2.32. The number of nitrogens with one attached hydrogen (secondary N) is 2. The molecule has 0 radical (unpaired) electrons. The molecule has 5 nitrogen and oxygen atoms in total. The van der Waals surface area contributed by atoms with E-state index in [0.29, 0.717) is 22.4 Å². The molecule has 0 unspecified atom stereocenters. The zero-order chi connectivity index (χ0) is 18.2. The SMILES string of the molecule is CCCCNC(=S)NN=Cc1c(C)nn(Cc2ccc(F)cc2)c1Cl. The van der Waals surface area contributed by atoms with Gasteiger partial charge in [0.25, 0.3) is 0 Å². The molecular weight excluding hydrogens is 361 g/mol. The van der Waals surface area contributed by atoms with Gasteiger partial charge in [0.2, 0.25) is 0 Å². The third-order valence-corrected chi connectivity index (χ3v) is 4.16. The molecule has 1 heterocycles. The van der Waals surface area contributed by atoms with Crippen LogP contribution in [0.4, 0.5) is 4.39 Å². The predicted molar refractivity (Wildman–Crippen MR) is 104 cm³/mol. The Hall–Kier alpha value is -1.99. The molecule has 0 fully saturated rings. The summed E-state index contributed by atoms with van der Waals surface area (Å²) in [5, 5.41) is 12.5. The molecule has 0 bridgehead atoms. The minimum atomic E-state index is -0.270. The molecule has 0 aliphatic heterocycles. The van der Waals surface area contributed by atoms with Crippen LogP contribution in [0.5, 0.6) is 0 Å². The second-order valence-electron chi connectivity index (χ2n) is 5.55. The van der Waals surface area contributed by atoms with Gasteiger partial charge in [0.05, 0.1) is 24.0 Å². The molecule has 2 rings (SSSR count). The Labute approximate surface area is 157 Å². The van der Waals surface area contributed by atoms with Crippen LogP contribution < -0.4 is 10.7 Å². The smallest absolute Gasteiger partial charge is 0.186 e. The van der Waals surface area contributed by atoms with Crippen LogP contribution in [0.15, 0.2) is 29.4 Å². The summed E-state index contributed by atoms with van der Waals surface area (Å²) in [5.41, 5.74) is 5.14. The highest BCUT2D eigenvalue weighted by atomic mass is 35.5. The average molecular weight is 382 g/mol. The van der Waals surface area contributed by atoms with Gasteiger partial charge in [0, 0.05) is 6.54 Å². The lowest BCUT2D eigenvalue weighted by molar-refractivity contribution is 0.624. The van der Waals surface area contributed by atoms with Crippen LogP contribution >= 0.6 is 23.8 Å². The van der Waals surface area contributed by atoms with Crippen molar-refractivity contribution in [2.24, 2.45) is 5.10 Å². The Morgan fingerprint density at radius 1 is 1.40 bits per heavy atom. The van der Waals surface area contributed by atoms with Crippen LogP contribution in [0.3, 0.4) is 0 Å². The van der Waals surface area contributed by atoms with Crippen molar-refractivity contribution in [2.45, 2.75) is 33.2 Å². The van der Waals surface area contributed by atoms with Crippen LogP contribution in [0.1, 0.15) is 36.6 Å². The van der Waals surface area contributed by atoms with E-state index in [9.17, 15) is 4.39 Å². The number of benzene rings is 1. The molecule has 0 amide bonds. The van der Waals surface area contributed by atoms with Gasteiger partial charge in [0.15, 0.2) is 5.11 Å². The largest absolute Gasteiger partial charge is 0.361 e. The Morgan fingerprint density at radius 3 is 2.80 bits per heavy atom. The predicted octanol–water partition coefficient (Wildman–Crippen LogP) is 3.63. The second kappa shape index (κ2) is 9.48. The van der Waals surface area contributed by atoms with Gasteiger partial charge < -0.3 is 5.32 Å². The number of aryl methyl sites for hydroxylation is 1. The lowest BCUT2D eigenvalue weighted by atomic mass is 10.2. The topological polar surface area (TPSA) is 54.2 Å². The molecule has 0 aliphatic carbocycles. The number of rotatable bonds is 7. The van der Waals surface area contributed by atoms with Crippen LogP contribution in [-0.2, 0) is 6.54 Å². The highest BCUT2D eigenvalue weighted by Crippen LogP contribution is 2.19. The molecule has 0 aliphatic rings. The molecule has 0 saturated heterocycles. The standard InChI is InChI=1S/C17H21ClFN5S/c1-3-4-9-20-17(25)22-21-10-15-12(2)23-24(16(15)18)11-13-5-7-14(19)8-6-13/h5-8,10H,3-4,9,11H2,1-2H3,(H2,20,22,25). The first-order chi connectivity index (χ1) is 12.0. The van der Waals surface area contributed by atoms with E-state index in [4.69, 9.17) is 23.8 Å². The minimum Gasteiger partial charge on any atom is -0.361 e. The zero-order valence-electron chi connectivity index (χ0n) is 14.2. The summed E-state index contributed by atoms with van der Waals surface area (Å²) in [5.74, 6) is -0.270. The van der Waals surface area contributed by atoms with Gasteiger partial charge in [-0.3, -0.25) is 5.43 Å². The van der Waals surface area contributed by atoms with Crippen molar-refractivity contribution in [2.75, 3.05) is 6.54 Å². The summed E-state index contributed by atoms with van der Waals surface area (Å²) < 4.78 is 14.6. The average Bonchev–Trinajstić information content (AvgIpc) is 2.84. The third-order valence-electron chi connectivity index (χ3n) is 3.53. The number of hydrazone groups is 1. The molecule has 1 aromatic heterocycles. The van der Waals surface area contributed by atoms with Crippen molar-refractivity contribution in [3.05, 3.63) is 52.1 Å². The van der Waals surface area contributed by atoms with Crippen molar-refractivity contribution in [1.82, 2.24) is 20.5 Å². The van der Waals surface area contributed by atoms with Crippen LogP contribution in [0.25, 0.3) is 0 Å². The first-order valence-electron chi connectivity index (χ1n) is 8.05. The molecule has 134 valence electrons. The molecular formula is C17H21ClFN5S. The monoisotopic (exact) mass is 381 g/mol. The quantitative estimate of drug-likeness (QED) is 0.333. The lowest BCUT2D eigenvalue weighted by Gasteiger charge is -2.05. The highest BCUT2D eigenvalue weighted by Gasteiger charge is 2.12. The molecule has 1 aromatic carbocycles. The van der Waals surface area contributed by atoms with Crippen molar-refractivity contribution in [3.63, 3.8) is 0 Å². The molecule has 0 spiro atoms. The van der Waals surface area contributed by atoms with Gasteiger partial charge in [-0.05, 0) is 43.3 Å². The van der Waals surface area contributed by atoms with Gasteiger partial charge in [-0.25, -0.2) is 9.07 Å². The fourth-order valence-electron chi connectivity index (χ4n) is 2.16. The van der Waals surface area contributed by atoms with E-state index < -0.39 is 0 Å². The number of hydrogen-bond donors (Lipinski definition) is 2. The maximum atomic E-state index is 13.0. The van der Waals surface area contributed by atoms with Gasteiger partial charge in [-0.15, -0.1) is 0 Å². The summed E-state index contributed by atoms with van der Waals surface area (Å²) in [6.07, 6.45) is 3.74. The molecule has 0 atom stereocenters. The van der Waals surface area contributed by atoms with Gasteiger partial charge in [0.1, 0.15) is 11.0 Å². The minimum absolute atomic E-state index is 0.270. The number of unbranched alkanes of at least 4 members (excludes halogenated alkanes) is 1. The third kappa shape index (κ3) is 5.79. The molecule has 0 saturated carbocycles. The summed E-state index contributed by atoms with van der Waals surface area (Å²) >= 11 is 11.5. The zero-order valence-corrected chi connectivity index (χ0v) is 15.8. The van der Waals surface area contributed by atoms with Gasteiger partial charge >= 0.3 is 0 Å². The van der Waals surface area contributed by atoms with Crippen LogP contribution in [-0.4, -0.2) is 27.7 Å². The van der Waals surface area contributed by atoms with Crippen molar-refractivity contribution < 1.29 is 4.39 Å². The first kappa shape index (κ1) is 19.3. The van der Waals surface area contributed by atoms with Gasteiger partial charge in [-0.1, -0.05) is 37.1 Å². The van der Waals surface area contributed by atoms with E-state index in [1.165, 1.54) is 12.1 Å². The number of nitrogens with zero attached hydrogens (tertiary/aromatic N) is 3. The van der Waals surface area contributed by atoms with Crippen molar-refractivity contribution in [1.29, 1.82) is 0 Å². The van der Waals surface area contributed by atoms with E-state index >= 15 is 0 Å². The van der Waals surface area contributed by atoms with Crippen molar-refractivity contribution >= 4 is 35.1 Å². The van der Waals surface area contributed by atoms with E-state index in [0.717, 1.165) is 30.6 Å². The first-order valence-corrected chi connectivity index (χ1v) is 8.84. The number of aromatic nitrogens is 2. The Bertz CT molecular complexity index is 742. The highest BCUT2D eigenvalue weighted by molar-refractivity contribution is 7.80. The molecule has 8 heteroatoms. The fourth-order valence-corrected chi connectivity index (χ4v) is 2.59. The fraction of sp³-hybridized carbons (Fsp3) is 0.353. The Morgan fingerprint density at radius 2 is 2.12 bits per heavy atom. The summed E-state index contributed by atoms with van der Waals surface area (Å²) in [4.78, 5) is 0. The maximum absolute atomic E-state index is 13.0. The van der Waals surface area contributed by atoms with Crippen molar-refractivity contribution in [3.8, 4) is 0 Å². The number of thiocarbonyl (C=S) groups is 1. The normalized spacial score (nSPS) is 11.0. The summed E-state index contributed by atoms with van der Waals surface area (Å²) in [7, 11) is 0. The summed E-state index contributed by atoms with van der Waals surface area (Å²) in [6, 6.07) is 6.24. The van der Waals surface area contributed by atoms with Gasteiger partial charge in [-0.2, -0.15) is 10.2 Å². The number of hydrogen-bond acceptors (Lipinski definition) is 3. The van der Waals surface area contributed by atoms with E-state index in [2.05, 4.69) is 27.9 Å². The molecule has 2 aromatic rings. The maximum Gasteiger partial charge on any atom is 0.186 e. The van der Waals surface area contributed by atoms with E-state index in [1.807, 2.05) is 6.92 Å². The molecule has 25 heavy (non-hydrogen) atoms.